The van der Waals surface area contributed by atoms with E-state index in [9.17, 15) is 9.18 Å². The van der Waals surface area contributed by atoms with Gasteiger partial charge in [0.05, 0.1) is 5.69 Å². The van der Waals surface area contributed by atoms with Crippen LogP contribution in [0.15, 0.2) is 30.3 Å². The molecule has 2 rings (SSSR count). The first-order valence-corrected chi connectivity index (χ1v) is 7.48. The second kappa shape index (κ2) is 6.36. The Hall–Kier alpha value is -2.43. The minimum absolute atomic E-state index is 0.0258. The summed E-state index contributed by atoms with van der Waals surface area (Å²) in [5.41, 5.74) is 1.88. The molecule has 2 aromatic rings. The summed E-state index contributed by atoms with van der Waals surface area (Å²) < 4.78 is 15.1. The fraction of sp³-hybridized carbons (Fsp3) is 0.333. The van der Waals surface area contributed by atoms with Gasteiger partial charge in [-0.2, -0.15) is 9.49 Å². The molecule has 0 aliphatic rings. The van der Waals surface area contributed by atoms with Crippen molar-refractivity contribution in [2.24, 2.45) is 12.5 Å². The summed E-state index contributed by atoms with van der Waals surface area (Å²) in [6.07, 6.45) is 4.02. The third-order valence-corrected chi connectivity index (χ3v) is 3.35. The fourth-order valence-corrected chi connectivity index (χ4v) is 2.17. The van der Waals surface area contributed by atoms with Crippen molar-refractivity contribution < 1.29 is 9.18 Å². The number of aryl methyl sites for hydroxylation is 2. The van der Waals surface area contributed by atoms with Crippen molar-refractivity contribution >= 4 is 17.7 Å². The summed E-state index contributed by atoms with van der Waals surface area (Å²) in [6.45, 7) is 7.90. The van der Waals surface area contributed by atoms with Gasteiger partial charge < -0.3 is 5.32 Å². The van der Waals surface area contributed by atoms with Gasteiger partial charge in [0.25, 0.3) is 5.91 Å². The first kappa shape index (κ1) is 16.9. The predicted molar refractivity (Wildman–Crippen MR) is 90.8 cm³/mol. The van der Waals surface area contributed by atoms with E-state index in [1.807, 2.05) is 24.3 Å². The van der Waals surface area contributed by atoms with Crippen LogP contribution >= 0.6 is 0 Å². The molecule has 1 heterocycles. The molecule has 1 amide bonds. The average Bonchev–Trinajstić information content (AvgIpc) is 2.70. The Bertz CT molecular complexity index is 754. The molecule has 0 saturated carbocycles. The molecule has 0 aliphatic heterocycles. The number of amides is 1. The number of para-hydroxylation sites is 1. The summed E-state index contributed by atoms with van der Waals surface area (Å²) >= 11 is 0. The molecule has 0 fully saturated rings. The van der Waals surface area contributed by atoms with Gasteiger partial charge in [0.1, 0.15) is 5.56 Å². The van der Waals surface area contributed by atoms with Gasteiger partial charge in [0, 0.05) is 12.7 Å². The molecule has 23 heavy (non-hydrogen) atoms. The van der Waals surface area contributed by atoms with Gasteiger partial charge in [-0.3, -0.25) is 4.79 Å². The lowest BCUT2D eigenvalue weighted by Gasteiger charge is -2.13. The second-order valence-corrected chi connectivity index (χ2v) is 6.62. The van der Waals surface area contributed by atoms with Gasteiger partial charge in [-0.25, -0.2) is 4.68 Å². The van der Waals surface area contributed by atoms with E-state index in [1.54, 1.807) is 13.0 Å². The van der Waals surface area contributed by atoms with Crippen LogP contribution in [0.1, 0.15) is 42.4 Å². The zero-order valence-corrected chi connectivity index (χ0v) is 14.1. The molecule has 1 aromatic heterocycles. The summed E-state index contributed by atoms with van der Waals surface area (Å²) in [6, 6.07) is 7.43. The van der Waals surface area contributed by atoms with E-state index in [-0.39, 0.29) is 11.0 Å². The number of nitrogens with zero attached hydrogens (tertiary/aromatic N) is 2. The maximum absolute atomic E-state index is 14.0. The summed E-state index contributed by atoms with van der Waals surface area (Å²) in [4.78, 5) is 12.4. The van der Waals surface area contributed by atoms with E-state index in [1.165, 1.54) is 7.05 Å². The number of anilines is 1. The number of allylic oxidation sites excluding steroid dienone is 1. The van der Waals surface area contributed by atoms with Crippen molar-refractivity contribution in [3.8, 4) is 0 Å². The van der Waals surface area contributed by atoms with Gasteiger partial charge in [0.2, 0.25) is 5.95 Å². The lowest BCUT2D eigenvalue weighted by atomic mass is 9.95. The molecule has 0 spiro atoms. The molecule has 4 nitrogen and oxygen atoms in total. The van der Waals surface area contributed by atoms with Crippen molar-refractivity contribution in [3.63, 3.8) is 0 Å². The zero-order chi connectivity index (χ0) is 17.2. The Morgan fingerprint density at radius 3 is 2.52 bits per heavy atom. The van der Waals surface area contributed by atoms with E-state index in [2.05, 4.69) is 37.3 Å². The highest BCUT2D eigenvalue weighted by molar-refractivity contribution is 6.06. The zero-order valence-electron chi connectivity index (χ0n) is 14.1. The van der Waals surface area contributed by atoms with Crippen LogP contribution in [-0.2, 0) is 7.05 Å². The molecule has 0 atom stereocenters. The summed E-state index contributed by atoms with van der Waals surface area (Å²) in [5, 5.41) is 6.71. The van der Waals surface area contributed by atoms with Crippen molar-refractivity contribution in [1.29, 1.82) is 0 Å². The standard InChI is InChI=1S/C18H22FN3O/c1-12-15(16(19)22(5)21-12)17(23)20-14-9-7-6-8-13(14)10-11-18(2,3)4/h6-11H,1-5H3,(H,20,23)/b11-10+. The summed E-state index contributed by atoms with van der Waals surface area (Å²) in [5.74, 6) is -1.13. The number of carbonyl (C=O) groups excluding carboxylic acids is 1. The Morgan fingerprint density at radius 2 is 1.96 bits per heavy atom. The van der Waals surface area contributed by atoms with Gasteiger partial charge in [-0.05, 0) is 24.0 Å². The van der Waals surface area contributed by atoms with Crippen LogP contribution in [0.3, 0.4) is 0 Å². The topological polar surface area (TPSA) is 46.9 Å². The Kier molecular flexibility index (Phi) is 4.68. The molecule has 1 N–H and O–H groups in total. The maximum Gasteiger partial charge on any atom is 0.262 e. The van der Waals surface area contributed by atoms with Crippen LogP contribution in [-0.4, -0.2) is 15.7 Å². The number of rotatable bonds is 3. The number of nitrogens with one attached hydrogen (secondary N) is 1. The number of halogens is 1. The second-order valence-electron chi connectivity index (χ2n) is 6.62. The minimum atomic E-state index is -0.636. The van der Waals surface area contributed by atoms with Crippen molar-refractivity contribution in [2.45, 2.75) is 27.7 Å². The number of carbonyl (C=O) groups is 1. The Labute approximate surface area is 136 Å². The highest BCUT2D eigenvalue weighted by atomic mass is 19.1. The molecular formula is C18H22FN3O. The van der Waals surface area contributed by atoms with Crippen LogP contribution in [0.5, 0.6) is 0 Å². The highest BCUT2D eigenvalue weighted by Crippen LogP contribution is 2.23. The van der Waals surface area contributed by atoms with Gasteiger partial charge in [-0.1, -0.05) is 51.1 Å². The normalized spacial score (nSPS) is 11.9. The summed E-state index contributed by atoms with van der Waals surface area (Å²) in [7, 11) is 1.47. The van der Waals surface area contributed by atoms with E-state index in [0.29, 0.717) is 11.4 Å². The van der Waals surface area contributed by atoms with Crippen LogP contribution in [0.4, 0.5) is 10.1 Å². The number of benzene rings is 1. The highest BCUT2D eigenvalue weighted by Gasteiger charge is 2.21. The van der Waals surface area contributed by atoms with Gasteiger partial charge in [-0.15, -0.1) is 0 Å². The largest absolute Gasteiger partial charge is 0.321 e. The first-order valence-electron chi connectivity index (χ1n) is 7.48. The lowest BCUT2D eigenvalue weighted by molar-refractivity contribution is 0.102. The Balaban J connectivity index is 2.30. The number of hydrogen-bond acceptors (Lipinski definition) is 2. The third kappa shape index (κ3) is 4.06. The maximum atomic E-state index is 14.0. The number of aromatic nitrogens is 2. The minimum Gasteiger partial charge on any atom is -0.321 e. The van der Waals surface area contributed by atoms with Crippen LogP contribution in [0.25, 0.3) is 6.08 Å². The smallest absolute Gasteiger partial charge is 0.262 e. The molecule has 0 bridgehead atoms. The lowest BCUT2D eigenvalue weighted by Crippen LogP contribution is -2.15. The van der Waals surface area contributed by atoms with Crippen LogP contribution in [0.2, 0.25) is 0 Å². The van der Waals surface area contributed by atoms with Crippen molar-refractivity contribution in [2.75, 3.05) is 5.32 Å². The SMILES string of the molecule is Cc1nn(C)c(F)c1C(=O)Nc1ccccc1/C=C/C(C)(C)C. The van der Waals surface area contributed by atoms with Crippen LogP contribution < -0.4 is 5.32 Å². The fourth-order valence-electron chi connectivity index (χ4n) is 2.17. The molecule has 0 saturated heterocycles. The van der Waals surface area contributed by atoms with E-state index >= 15 is 0 Å². The predicted octanol–water partition coefficient (Wildman–Crippen LogP) is 4.18. The Morgan fingerprint density at radius 1 is 1.30 bits per heavy atom. The van der Waals surface area contributed by atoms with E-state index in [4.69, 9.17) is 0 Å². The van der Waals surface area contributed by atoms with Gasteiger partial charge in [0.15, 0.2) is 0 Å². The van der Waals surface area contributed by atoms with Crippen molar-refractivity contribution in [3.05, 3.63) is 53.1 Å². The van der Waals surface area contributed by atoms with Crippen LogP contribution in [0, 0.1) is 18.3 Å². The monoisotopic (exact) mass is 315 g/mol. The van der Waals surface area contributed by atoms with E-state index in [0.717, 1.165) is 10.2 Å². The third-order valence-electron chi connectivity index (χ3n) is 3.35. The molecule has 0 unspecified atom stereocenters. The average molecular weight is 315 g/mol. The van der Waals surface area contributed by atoms with Gasteiger partial charge >= 0.3 is 0 Å². The molecule has 0 aliphatic carbocycles. The molecule has 122 valence electrons. The molecule has 5 heteroatoms. The first-order chi connectivity index (χ1) is 10.7. The molecular weight excluding hydrogens is 293 g/mol. The molecule has 1 aromatic carbocycles. The molecule has 0 radical (unpaired) electrons. The quantitative estimate of drug-likeness (QED) is 0.923. The van der Waals surface area contributed by atoms with Crippen molar-refractivity contribution in [1.82, 2.24) is 9.78 Å². The van der Waals surface area contributed by atoms with E-state index < -0.39 is 11.9 Å². The number of hydrogen-bond donors (Lipinski definition) is 1.